The molecule has 1 amide bonds. The molecule has 0 saturated heterocycles. The molecular weight excluding hydrogens is 432 g/mol. The first-order valence-corrected chi connectivity index (χ1v) is 11.3. The molecule has 10 heteroatoms. The van der Waals surface area contributed by atoms with Gasteiger partial charge in [0.2, 0.25) is 0 Å². The zero-order chi connectivity index (χ0) is 22.6. The summed E-state index contributed by atoms with van der Waals surface area (Å²) in [5, 5.41) is 12.9. The van der Waals surface area contributed by atoms with Crippen LogP contribution in [0, 0.1) is 0 Å². The fourth-order valence-electron chi connectivity index (χ4n) is 4.75. The number of hydrogen-bond donors (Lipinski definition) is 1. The molecule has 0 bridgehead atoms. The molecule has 1 fully saturated rings. The number of carbonyl (C=O) groups is 1. The number of imidazole rings is 1. The summed E-state index contributed by atoms with van der Waals surface area (Å²) in [5.41, 5.74) is 5.46. The van der Waals surface area contributed by atoms with Crippen LogP contribution < -0.4 is 0 Å². The zero-order valence-corrected chi connectivity index (χ0v) is 18.1. The number of rotatable bonds is 4. The minimum absolute atomic E-state index is 0.0768. The molecule has 34 heavy (non-hydrogen) atoms. The van der Waals surface area contributed by atoms with Crippen LogP contribution in [0.2, 0.25) is 0 Å². The summed E-state index contributed by atoms with van der Waals surface area (Å²) in [6.45, 7) is 0.476. The van der Waals surface area contributed by atoms with Gasteiger partial charge in [-0.1, -0.05) is 12.1 Å². The maximum absolute atomic E-state index is 13.6. The molecular formula is C24H20N8O2. The topological polar surface area (TPSA) is 118 Å². The number of carbonyl (C=O) groups excluding carboxylic acids is 1. The summed E-state index contributed by atoms with van der Waals surface area (Å²) in [7, 11) is 0. The Labute approximate surface area is 193 Å². The molecule has 0 spiro atoms. The molecule has 2 aliphatic rings. The van der Waals surface area contributed by atoms with Gasteiger partial charge in [-0.15, -0.1) is 10.2 Å². The number of nitrogens with zero attached hydrogens (tertiary/aromatic N) is 7. The average molecular weight is 452 g/mol. The maximum atomic E-state index is 13.6. The lowest BCUT2D eigenvalue weighted by Crippen LogP contribution is -2.41. The minimum Gasteiger partial charge on any atom is -0.411 e. The number of H-pyrrole nitrogens is 1. The Morgan fingerprint density at radius 3 is 2.91 bits per heavy atom. The number of amides is 1. The summed E-state index contributed by atoms with van der Waals surface area (Å²) >= 11 is 0. The zero-order valence-electron chi connectivity index (χ0n) is 18.1. The Balaban J connectivity index is 1.29. The third kappa shape index (κ3) is 3.02. The third-order valence-electron chi connectivity index (χ3n) is 6.53. The molecule has 1 atom stereocenters. The van der Waals surface area contributed by atoms with Crippen LogP contribution in [0.15, 0.2) is 59.5 Å². The van der Waals surface area contributed by atoms with E-state index in [0.717, 1.165) is 22.6 Å². The predicted molar refractivity (Wildman–Crippen MR) is 120 cm³/mol. The Kier molecular flexibility index (Phi) is 4.14. The summed E-state index contributed by atoms with van der Waals surface area (Å²) in [6.07, 6.45) is 8.31. The largest absolute Gasteiger partial charge is 0.411 e. The highest BCUT2D eigenvalue weighted by atomic mass is 16.4. The van der Waals surface area contributed by atoms with Crippen molar-refractivity contribution in [2.45, 2.75) is 31.2 Å². The summed E-state index contributed by atoms with van der Waals surface area (Å²) in [6, 6.07) is 11.2. The van der Waals surface area contributed by atoms with Crippen LogP contribution in [0.5, 0.6) is 0 Å². The standard InChI is InChI=1S/C24H20N8O2/c33-24(23-29-28-22(34-23)17-5-1-2-9-25-17)31-11-8-16-20(27-13-26-16)21(31)18-12-19-15(14-6-7-14)4-3-10-32(19)30-18/h1-5,9-10,12-14,21H,6-8,11H2,(H,26,27)/t21-/m0/s1. The second-order valence-corrected chi connectivity index (χ2v) is 8.68. The van der Waals surface area contributed by atoms with Gasteiger partial charge >= 0.3 is 11.8 Å². The number of fused-ring (bicyclic) bond motifs is 2. The molecule has 5 aromatic rings. The smallest absolute Gasteiger partial charge is 0.312 e. The van der Waals surface area contributed by atoms with Gasteiger partial charge in [-0.05, 0) is 48.6 Å². The van der Waals surface area contributed by atoms with E-state index in [1.807, 2.05) is 22.8 Å². The molecule has 5 aromatic heterocycles. The Morgan fingerprint density at radius 1 is 1.12 bits per heavy atom. The van der Waals surface area contributed by atoms with Crippen molar-refractivity contribution in [1.82, 2.24) is 39.7 Å². The fraction of sp³-hybridized carbons (Fsp3) is 0.250. The number of nitrogens with one attached hydrogen (secondary N) is 1. The van der Waals surface area contributed by atoms with Crippen LogP contribution in [0.25, 0.3) is 17.1 Å². The van der Waals surface area contributed by atoms with E-state index in [0.29, 0.717) is 24.6 Å². The first kappa shape index (κ1) is 19.2. The highest BCUT2D eigenvalue weighted by Gasteiger charge is 2.38. The van der Waals surface area contributed by atoms with Gasteiger partial charge in [-0.25, -0.2) is 9.50 Å². The number of aromatic nitrogens is 7. The molecule has 0 unspecified atom stereocenters. The quantitative estimate of drug-likeness (QED) is 0.445. The Morgan fingerprint density at radius 2 is 2.06 bits per heavy atom. The number of hydrogen-bond acceptors (Lipinski definition) is 7. The lowest BCUT2D eigenvalue weighted by atomic mass is 9.99. The molecule has 7 rings (SSSR count). The van der Waals surface area contributed by atoms with Gasteiger partial charge in [-0.2, -0.15) is 5.10 Å². The van der Waals surface area contributed by atoms with E-state index < -0.39 is 6.04 Å². The average Bonchev–Trinajstić information content (AvgIpc) is 3.27. The lowest BCUT2D eigenvalue weighted by Gasteiger charge is -2.32. The van der Waals surface area contributed by atoms with Gasteiger partial charge in [0.25, 0.3) is 5.89 Å². The van der Waals surface area contributed by atoms with E-state index in [-0.39, 0.29) is 17.7 Å². The number of pyridine rings is 2. The fourth-order valence-corrected chi connectivity index (χ4v) is 4.75. The first-order valence-electron chi connectivity index (χ1n) is 11.3. The van der Waals surface area contributed by atoms with Crippen molar-refractivity contribution < 1.29 is 9.21 Å². The van der Waals surface area contributed by atoms with Crippen molar-refractivity contribution in [2.24, 2.45) is 0 Å². The van der Waals surface area contributed by atoms with Crippen molar-refractivity contribution in [3.63, 3.8) is 0 Å². The number of aromatic amines is 1. The molecule has 1 aliphatic heterocycles. The van der Waals surface area contributed by atoms with Crippen LogP contribution in [-0.4, -0.2) is 52.1 Å². The van der Waals surface area contributed by atoms with E-state index in [2.05, 4.69) is 37.3 Å². The monoisotopic (exact) mass is 452 g/mol. The van der Waals surface area contributed by atoms with Crippen LogP contribution in [-0.2, 0) is 6.42 Å². The predicted octanol–water partition coefficient (Wildman–Crippen LogP) is 3.17. The van der Waals surface area contributed by atoms with Crippen LogP contribution in [0.4, 0.5) is 0 Å². The van der Waals surface area contributed by atoms with Gasteiger partial charge in [0.1, 0.15) is 11.7 Å². The normalized spacial score (nSPS) is 17.8. The molecule has 168 valence electrons. The van der Waals surface area contributed by atoms with Crippen LogP contribution in [0.3, 0.4) is 0 Å². The second-order valence-electron chi connectivity index (χ2n) is 8.68. The molecule has 0 radical (unpaired) electrons. The van der Waals surface area contributed by atoms with Gasteiger partial charge in [0.05, 0.1) is 23.2 Å². The molecule has 6 heterocycles. The third-order valence-corrected chi connectivity index (χ3v) is 6.53. The van der Waals surface area contributed by atoms with E-state index in [9.17, 15) is 4.79 Å². The van der Waals surface area contributed by atoms with Gasteiger partial charge in [0, 0.05) is 31.1 Å². The van der Waals surface area contributed by atoms with Gasteiger partial charge in [0.15, 0.2) is 0 Å². The van der Waals surface area contributed by atoms with Crippen molar-refractivity contribution in [2.75, 3.05) is 6.54 Å². The SMILES string of the molecule is O=C(c1nnc(-c2ccccn2)o1)N1CCc2[nH]cnc2[C@@H]1c1cc2c(C3CC3)cccn2n1. The Bertz CT molecular complexity index is 1510. The molecule has 1 aliphatic carbocycles. The van der Waals surface area contributed by atoms with E-state index in [4.69, 9.17) is 9.52 Å². The van der Waals surface area contributed by atoms with Crippen molar-refractivity contribution >= 4 is 11.4 Å². The van der Waals surface area contributed by atoms with E-state index in [1.54, 1.807) is 29.6 Å². The minimum atomic E-state index is -0.459. The second kappa shape index (κ2) is 7.34. The molecule has 0 aromatic carbocycles. The summed E-state index contributed by atoms with van der Waals surface area (Å²) < 4.78 is 7.63. The highest BCUT2D eigenvalue weighted by Crippen LogP contribution is 2.43. The van der Waals surface area contributed by atoms with Crippen molar-refractivity contribution in [3.8, 4) is 11.6 Å². The Hall–Kier alpha value is -4.34. The highest BCUT2D eigenvalue weighted by molar-refractivity contribution is 5.90. The van der Waals surface area contributed by atoms with E-state index in [1.165, 1.54) is 18.4 Å². The summed E-state index contributed by atoms with van der Waals surface area (Å²) in [5.74, 6) is 0.362. The van der Waals surface area contributed by atoms with Crippen molar-refractivity contribution in [1.29, 1.82) is 0 Å². The first-order chi connectivity index (χ1) is 16.8. The van der Waals surface area contributed by atoms with Crippen LogP contribution >= 0.6 is 0 Å². The maximum Gasteiger partial charge on any atom is 0.312 e. The van der Waals surface area contributed by atoms with Crippen LogP contribution in [0.1, 0.15) is 58.1 Å². The molecule has 1 N–H and O–H groups in total. The lowest BCUT2D eigenvalue weighted by molar-refractivity contribution is 0.0646. The summed E-state index contributed by atoms with van der Waals surface area (Å²) in [4.78, 5) is 27.3. The van der Waals surface area contributed by atoms with Gasteiger partial charge < -0.3 is 14.3 Å². The van der Waals surface area contributed by atoms with E-state index >= 15 is 0 Å². The molecule has 1 saturated carbocycles. The van der Waals surface area contributed by atoms with Crippen molar-refractivity contribution in [3.05, 3.63) is 83.7 Å². The molecule has 10 nitrogen and oxygen atoms in total. The van der Waals surface area contributed by atoms with Gasteiger partial charge in [-0.3, -0.25) is 9.78 Å².